The van der Waals surface area contributed by atoms with Crippen LogP contribution in [-0.4, -0.2) is 10.7 Å². The summed E-state index contributed by atoms with van der Waals surface area (Å²) in [6.45, 7) is 0. The number of hydrogen-bond acceptors (Lipinski definition) is 1. The lowest BCUT2D eigenvalue weighted by Gasteiger charge is -2.35. The number of fused-ring (bicyclic) bond motifs is 2. The van der Waals surface area contributed by atoms with Crippen LogP contribution in [0.25, 0.3) is 0 Å². The average Bonchev–Trinajstić information content (AvgIpc) is 2.88. The molecule has 2 fully saturated rings. The maximum absolute atomic E-state index is 10.9. The molecule has 1 nitrogen and oxygen atoms in total. The van der Waals surface area contributed by atoms with E-state index in [2.05, 4.69) is 24.3 Å². The van der Waals surface area contributed by atoms with Crippen LogP contribution in [0.5, 0.6) is 0 Å². The third-order valence-corrected chi connectivity index (χ3v) is 5.26. The van der Waals surface area contributed by atoms with Gasteiger partial charge in [0.1, 0.15) is 0 Å². The Morgan fingerprint density at radius 1 is 1.06 bits per heavy atom. The van der Waals surface area contributed by atoms with E-state index in [9.17, 15) is 5.11 Å². The molecule has 3 aliphatic carbocycles. The summed E-state index contributed by atoms with van der Waals surface area (Å²) >= 11 is 0. The molecule has 0 heterocycles. The maximum atomic E-state index is 10.9. The largest absolute Gasteiger partial charge is 0.389 e. The van der Waals surface area contributed by atoms with E-state index in [1.54, 1.807) is 0 Å². The molecule has 0 radical (unpaired) electrons. The normalized spacial score (nSPS) is 44.2. The van der Waals surface area contributed by atoms with Crippen molar-refractivity contribution >= 4 is 0 Å². The van der Waals surface area contributed by atoms with E-state index in [1.165, 1.54) is 36.8 Å². The molecular weight excluding hydrogens is 196 g/mol. The van der Waals surface area contributed by atoms with Crippen LogP contribution < -0.4 is 0 Å². The lowest BCUT2D eigenvalue weighted by molar-refractivity contribution is 0.0779. The molecule has 0 bridgehead atoms. The van der Waals surface area contributed by atoms with Crippen LogP contribution in [0.4, 0.5) is 0 Å². The fraction of sp³-hybridized carbons (Fsp3) is 0.600. The Hall–Kier alpha value is -0.820. The highest BCUT2D eigenvalue weighted by molar-refractivity contribution is 5.45. The average molecular weight is 214 g/mol. The van der Waals surface area contributed by atoms with E-state index in [1.807, 2.05) is 0 Å². The summed E-state index contributed by atoms with van der Waals surface area (Å²) in [5.74, 6) is 1.70. The molecular formula is C15H18O. The van der Waals surface area contributed by atoms with Gasteiger partial charge in [0.2, 0.25) is 0 Å². The minimum absolute atomic E-state index is 0.315. The second-order valence-electron chi connectivity index (χ2n) is 5.84. The summed E-state index contributed by atoms with van der Waals surface area (Å²) in [6, 6.07) is 8.65. The number of rotatable bonds is 1. The Morgan fingerprint density at radius 3 is 2.44 bits per heavy atom. The lowest BCUT2D eigenvalue weighted by Crippen LogP contribution is -2.33. The summed E-state index contributed by atoms with van der Waals surface area (Å²) < 4.78 is 0. The van der Waals surface area contributed by atoms with E-state index >= 15 is 0 Å². The van der Waals surface area contributed by atoms with Gasteiger partial charge in [0.05, 0.1) is 5.60 Å². The molecule has 2 saturated carbocycles. The minimum atomic E-state index is -0.315. The summed E-state index contributed by atoms with van der Waals surface area (Å²) in [6.07, 6.45) is 6.30. The first kappa shape index (κ1) is 9.23. The molecule has 0 aliphatic heterocycles. The van der Waals surface area contributed by atoms with Crippen molar-refractivity contribution in [2.75, 3.05) is 0 Å². The van der Waals surface area contributed by atoms with E-state index in [4.69, 9.17) is 0 Å². The number of benzene rings is 1. The number of aliphatic hydroxyl groups is 1. The van der Waals surface area contributed by atoms with Gasteiger partial charge in [0.25, 0.3) is 0 Å². The van der Waals surface area contributed by atoms with Gasteiger partial charge in [-0.05, 0) is 42.2 Å². The molecule has 0 spiro atoms. The van der Waals surface area contributed by atoms with Gasteiger partial charge in [0, 0.05) is 5.92 Å². The molecule has 84 valence electrons. The Labute approximate surface area is 96.5 Å². The smallest absolute Gasteiger partial charge is 0.0782 e. The van der Waals surface area contributed by atoms with Gasteiger partial charge in [-0.15, -0.1) is 0 Å². The van der Waals surface area contributed by atoms with E-state index in [0.717, 1.165) is 6.42 Å². The van der Waals surface area contributed by atoms with E-state index < -0.39 is 0 Å². The standard InChI is InChI=1S/C15H18O/c16-15(12-7-3-4-8-13(12)15)14-9-10-5-1-2-6-11(10)14/h1-2,5-6,12-14,16H,3-4,7-9H2. The van der Waals surface area contributed by atoms with Crippen molar-refractivity contribution in [2.45, 2.75) is 43.6 Å². The topological polar surface area (TPSA) is 20.2 Å². The fourth-order valence-electron chi connectivity index (χ4n) is 4.33. The van der Waals surface area contributed by atoms with Crippen LogP contribution in [0.1, 0.15) is 42.7 Å². The number of hydrogen-bond donors (Lipinski definition) is 1. The van der Waals surface area contributed by atoms with Crippen molar-refractivity contribution < 1.29 is 5.11 Å². The quantitative estimate of drug-likeness (QED) is 0.762. The molecule has 3 aliphatic rings. The Balaban J connectivity index is 1.66. The highest BCUT2D eigenvalue weighted by Crippen LogP contribution is 2.67. The van der Waals surface area contributed by atoms with Crippen LogP contribution in [0, 0.1) is 11.8 Å². The lowest BCUT2D eigenvalue weighted by atomic mass is 9.72. The summed E-state index contributed by atoms with van der Waals surface area (Å²) in [7, 11) is 0. The summed E-state index contributed by atoms with van der Waals surface area (Å²) in [5, 5.41) is 10.9. The summed E-state index contributed by atoms with van der Waals surface area (Å²) in [5.41, 5.74) is 2.58. The third kappa shape index (κ3) is 0.958. The van der Waals surface area contributed by atoms with Crippen molar-refractivity contribution in [3.8, 4) is 0 Å². The molecule has 1 aromatic rings. The first-order chi connectivity index (χ1) is 7.82. The Morgan fingerprint density at radius 2 is 1.75 bits per heavy atom. The molecule has 16 heavy (non-hydrogen) atoms. The predicted octanol–water partition coefficient (Wildman–Crippen LogP) is 2.88. The van der Waals surface area contributed by atoms with Crippen molar-refractivity contribution in [2.24, 2.45) is 11.8 Å². The predicted molar refractivity (Wildman–Crippen MR) is 63.3 cm³/mol. The zero-order valence-corrected chi connectivity index (χ0v) is 9.52. The highest BCUT2D eigenvalue weighted by atomic mass is 16.3. The zero-order chi connectivity index (χ0) is 10.8. The Kier molecular flexibility index (Phi) is 1.67. The zero-order valence-electron chi connectivity index (χ0n) is 9.52. The molecule has 3 atom stereocenters. The molecule has 0 aromatic heterocycles. The molecule has 1 N–H and O–H groups in total. The van der Waals surface area contributed by atoms with Crippen molar-refractivity contribution in [3.05, 3.63) is 35.4 Å². The van der Waals surface area contributed by atoms with Gasteiger partial charge in [-0.3, -0.25) is 0 Å². The van der Waals surface area contributed by atoms with Gasteiger partial charge in [-0.2, -0.15) is 0 Å². The molecule has 1 heteroatoms. The van der Waals surface area contributed by atoms with Crippen molar-refractivity contribution in [1.82, 2.24) is 0 Å². The molecule has 4 rings (SSSR count). The first-order valence-corrected chi connectivity index (χ1v) is 6.62. The van der Waals surface area contributed by atoms with E-state index in [0.29, 0.717) is 17.8 Å². The first-order valence-electron chi connectivity index (χ1n) is 6.62. The fourth-order valence-corrected chi connectivity index (χ4v) is 4.33. The third-order valence-electron chi connectivity index (χ3n) is 5.26. The summed E-state index contributed by atoms with van der Waals surface area (Å²) in [4.78, 5) is 0. The van der Waals surface area contributed by atoms with Crippen LogP contribution in [-0.2, 0) is 6.42 Å². The van der Waals surface area contributed by atoms with Gasteiger partial charge in [0.15, 0.2) is 0 Å². The van der Waals surface area contributed by atoms with Crippen LogP contribution in [0.3, 0.4) is 0 Å². The molecule has 0 amide bonds. The molecule has 3 unspecified atom stereocenters. The maximum Gasteiger partial charge on any atom is 0.0782 e. The molecule has 1 aromatic carbocycles. The van der Waals surface area contributed by atoms with Crippen LogP contribution in [0.15, 0.2) is 24.3 Å². The van der Waals surface area contributed by atoms with Crippen LogP contribution in [0.2, 0.25) is 0 Å². The highest BCUT2D eigenvalue weighted by Gasteiger charge is 2.68. The van der Waals surface area contributed by atoms with Crippen molar-refractivity contribution in [1.29, 1.82) is 0 Å². The minimum Gasteiger partial charge on any atom is -0.389 e. The second kappa shape index (κ2) is 2.89. The van der Waals surface area contributed by atoms with E-state index in [-0.39, 0.29) is 5.60 Å². The van der Waals surface area contributed by atoms with Gasteiger partial charge in [-0.1, -0.05) is 37.1 Å². The van der Waals surface area contributed by atoms with Gasteiger partial charge >= 0.3 is 0 Å². The van der Waals surface area contributed by atoms with Gasteiger partial charge in [-0.25, -0.2) is 0 Å². The monoisotopic (exact) mass is 214 g/mol. The second-order valence-corrected chi connectivity index (χ2v) is 5.84. The molecule has 0 saturated heterocycles. The Bertz CT molecular complexity index is 425. The SMILES string of the molecule is OC1(C2Cc3ccccc32)C2CCCCC21. The van der Waals surface area contributed by atoms with Crippen LogP contribution >= 0.6 is 0 Å². The van der Waals surface area contributed by atoms with Gasteiger partial charge < -0.3 is 5.11 Å². The van der Waals surface area contributed by atoms with Crippen molar-refractivity contribution in [3.63, 3.8) is 0 Å².